The predicted molar refractivity (Wildman–Crippen MR) is 59.4 cm³/mol. The lowest BCUT2D eigenvalue weighted by Gasteiger charge is -2.14. The Hall–Kier alpha value is -0.220. The highest BCUT2D eigenvalue weighted by Gasteiger charge is 2.15. The summed E-state index contributed by atoms with van der Waals surface area (Å²) < 4.78 is 0. The zero-order valence-corrected chi connectivity index (χ0v) is 9.72. The fraction of sp³-hybridized carbons (Fsp3) is 0.900. The SMILES string of the molecule is CCCCC(CC)CSC(O)C(=O)O. The van der Waals surface area contributed by atoms with Gasteiger partial charge < -0.3 is 10.2 Å². The van der Waals surface area contributed by atoms with E-state index in [-0.39, 0.29) is 0 Å². The molecule has 0 saturated carbocycles. The predicted octanol–water partition coefficient (Wildman–Crippen LogP) is 2.34. The Kier molecular flexibility index (Phi) is 7.99. The Balaban J connectivity index is 3.66. The highest BCUT2D eigenvalue weighted by Crippen LogP contribution is 2.20. The number of carboxylic acids is 1. The molecule has 0 heterocycles. The van der Waals surface area contributed by atoms with Crippen LogP contribution in [-0.2, 0) is 4.79 Å². The van der Waals surface area contributed by atoms with Crippen LogP contribution in [-0.4, -0.2) is 27.4 Å². The van der Waals surface area contributed by atoms with E-state index in [2.05, 4.69) is 13.8 Å². The average Bonchev–Trinajstić information content (AvgIpc) is 2.17. The molecule has 0 saturated heterocycles. The fourth-order valence-corrected chi connectivity index (χ4v) is 2.20. The van der Waals surface area contributed by atoms with Crippen LogP contribution in [0.1, 0.15) is 39.5 Å². The molecular weight excluding hydrogens is 200 g/mol. The fourth-order valence-electron chi connectivity index (χ4n) is 1.20. The van der Waals surface area contributed by atoms with Crippen LogP contribution in [0.15, 0.2) is 0 Å². The lowest BCUT2D eigenvalue weighted by molar-refractivity contribution is -0.141. The van der Waals surface area contributed by atoms with Crippen molar-refractivity contribution >= 4 is 17.7 Å². The number of aliphatic hydroxyl groups is 1. The third kappa shape index (κ3) is 6.27. The zero-order valence-electron chi connectivity index (χ0n) is 8.90. The van der Waals surface area contributed by atoms with Crippen molar-refractivity contribution in [1.82, 2.24) is 0 Å². The van der Waals surface area contributed by atoms with Crippen molar-refractivity contribution in [3.8, 4) is 0 Å². The van der Waals surface area contributed by atoms with Crippen molar-refractivity contribution in [3.63, 3.8) is 0 Å². The van der Waals surface area contributed by atoms with E-state index in [1.165, 1.54) is 12.8 Å². The maximum atomic E-state index is 10.3. The maximum absolute atomic E-state index is 10.3. The van der Waals surface area contributed by atoms with Gasteiger partial charge in [-0.05, 0) is 18.1 Å². The Bertz CT molecular complexity index is 161. The molecule has 14 heavy (non-hydrogen) atoms. The molecule has 0 bridgehead atoms. The van der Waals surface area contributed by atoms with Crippen molar-refractivity contribution in [2.75, 3.05) is 5.75 Å². The minimum atomic E-state index is -1.26. The lowest BCUT2D eigenvalue weighted by Crippen LogP contribution is -2.17. The van der Waals surface area contributed by atoms with Gasteiger partial charge in [-0.1, -0.05) is 33.1 Å². The summed E-state index contributed by atoms with van der Waals surface area (Å²) in [5.74, 6) is 0.138. The first kappa shape index (κ1) is 13.8. The Morgan fingerprint density at radius 2 is 2.07 bits per heavy atom. The summed E-state index contributed by atoms with van der Waals surface area (Å²) in [5, 5.41) is 17.5. The monoisotopic (exact) mass is 220 g/mol. The molecule has 2 N–H and O–H groups in total. The lowest BCUT2D eigenvalue weighted by atomic mass is 10.0. The van der Waals surface area contributed by atoms with Crippen molar-refractivity contribution < 1.29 is 15.0 Å². The van der Waals surface area contributed by atoms with Crippen LogP contribution in [0, 0.1) is 5.92 Å². The number of carboxylic acid groups (broad SMARTS) is 1. The molecule has 0 spiro atoms. The summed E-state index contributed by atoms with van der Waals surface area (Å²) in [6.45, 7) is 4.25. The third-order valence-electron chi connectivity index (χ3n) is 2.24. The maximum Gasteiger partial charge on any atom is 0.343 e. The molecule has 0 radical (unpaired) electrons. The third-order valence-corrected chi connectivity index (χ3v) is 3.43. The number of rotatable bonds is 8. The number of unbranched alkanes of at least 4 members (excludes halogenated alkanes) is 1. The Labute approximate surface area is 89.9 Å². The summed E-state index contributed by atoms with van der Waals surface area (Å²) in [5.41, 5.74) is -1.26. The van der Waals surface area contributed by atoms with Crippen LogP contribution in [0.2, 0.25) is 0 Å². The molecule has 0 aliphatic heterocycles. The summed E-state index contributed by atoms with van der Waals surface area (Å²) in [7, 11) is 0. The van der Waals surface area contributed by atoms with E-state index in [1.54, 1.807) is 0 Å². The summed E-state index contributed by atoms with van der Waals surface area (Å²) in [6, 6.07) is 0. The standard InChI is InChI=1S/C10H20O3S/c1-3-5-6-8(4-2)7-14-10(13)9(11)12/h8,10,13H,3-7H2,1-2H3,(H,11,12). The van der Waals surface area contributed by atoms with E-state index in [1.807, 2.05) is 0 Å². The minimum absolute atomic E-state index is 0.536. The number of hydrogen-bond acceptors (Lipinski definition) is 3. The van der Waals surface area contributed by atoms with E-state index in [9.17, 15) is 4.79 Å². The van der Waals surface area contributed by atoms with E-state index in [4.69, 9.17) is 10.2 Å². The molecule has 4 heteroatoms. The van der Waals surface area contributed by atoms with Crippen molar-refractivity contribution in [1.29, 1.82) is 0 Å². The van der Waals surface area contributed by atoms with Gasteiger partial charge in [-0.3, -0.25) is 0 Å². The average molecular weight is 220 g/mol. The second-order valence-electron chi connectivity index (χ2n) is 3.44. The first-order chi connectivity index (χ1) is 6.61. The van der Waals surface area contributed by atoms with Crippen molar-refractivity contribution in [2.45, 2.75) is 45.0 Å². The van der Waals surface area contributed by atoms with E-state index in [0.717, 1.165) is 30.4 Å². The van der Waals surface area contributed by atoms with Crippen LogP contribution in [0.4, 0.5) is 0 Å². The molecule has 2 unspecified atom stereocenters. The highest BCUT2D eigenvalue weighted by atomic mass is 32.2. The largest absolute Gasteiger partial charge is 0.479 e. The number of thioether (sulfide) groups is 1. The van der Waals surface area contributed by atoms with Gasteiger partial charge in [0.2, 0.25) is 0 Å². The minimum Gasteiger partial charge on any atom is -0.479 e. The van der Waals surface area contributed by atoms with Gasteiger partial charge in [0.1, 0.15) is 0 Å². The van der Waals surface area contributed by atoms with Crippen LogP contribution in [0.5, 0.6) is 0 Å². The Morgan fingerprint density at radius 1 is 1.43 bits per heavy atom. The van der Waals surface area contributed by atoms with Gasteiger partial charge in [0.25, 0.3) is 0 Å². The quantitative estimate of drug-likeness (QED) is 0.616. The molecule has 0 aromatic carbocycles. The van der Waals surface area contributed by atoms with Crippen molar-refractivity contribution in [2.24, 2.45) is 5.92 Å². The molecule has 0 amide bonds. The molecule has 2 atom stereocenters. The van der Waals surface area contributed by atoms with Gasteiger partial charge in [0.15, 0.2) is 5.44 Å². The smallest absolute Gasteiger partial charge is 0.343 e. The zero-order chi connectivity index (χ0) is 11.0. The first-order valence-corrected chi connectivity index (χ1v) is 6.19. The molecule has 0 fully saturated rings. The number of aliphatic hydroxyl groups excluding tert-OH is 1. The number of hydrogen-bond donors (Lipinski definition) is 2. The normalized spacial score (nSPS) is 15.1. The van der Waals surface area contributed by atoms with Gasteiger partial charge in [0, 0.05) is 0 Å². The van der Waals surface area contributed by atoms with Crippen LogP contribution in [0.25, 0.3) is 0 Å². The van der Waals surface area contributed by atoms with E-state index >= 15 is 0 Å². The topological polar surface area (TPSA) is 57.5 Å². The second-order valence-corrected chi connectivity index (χ2v) is 4.55. The van der Waals surface area contributed by atoms with E-state index in [0.29, 0.717) is 5.92 Å². The Morgan fingerprint density at radius 3 is 2.50 bits per heavy atom. The molecule has 0 aromatic rings. The van der Waals surface area contributed by atoms with Gasteiger partial charge in [-0.2, -0.15) is 0 Å². The molecule has 0 rings (SSSR count). The summed E-state index contributed by atoms with van der Waals surface area (Å²) in [6.07, 6.45) is 4.54. The van der Waals surface area contributed by atoms with E-state index < -0.39 is 11.4 Å². The number of carbonyl (C=O) groups is 1. The molecule has 0 aliphatic carbocycles. The molecule has 0 aliphatic rings. The van der Waals surface area contributed by atoms with Crippen LogP contribution in [0.3, 0.4) is 0 Å². The van der Waals surface area contributed by atoms with Crippen LogP contribution < -0.4 is 0 Å². The molecular formula is C10H20O3S. The first-order valence-electron chi connectivity index (χ1n) is 5.14. The summed E-state index contributed by atoms with van der Waals surface area (Å²) >= 11 is 1.12. The molecule has 3 nitrogen and oxygen atoms in total. The summed E-state index contributed by atoms with van der Waals surface area (Å²) in [4.78, 5) is 10.3. The van der Waals surface area contributed by atoms with Crippen LogP contribution >= 0.6 is 11.8 Å². The highest BCUT2D eigenvalue weighted by molar-refractivity contribution is 8.00. The molecule has 0 aromatic heterocycles. The van der Waals surface area contributed by atoms with Gasteiger partial charge in [0.05, 0.1) is 0 Å². The number of aliphatic carboxylic acids is 1. The van der Waals surface area contributed by atoms with Gasteiger partial charge in [-0.25, -0.2) is 4.79 Å². The van der Waals surface area contributed by atoms with Gasteiger partial charge >= 0.3 is 5.97 Å². The second kappa shape index (κ2) is 8.12. The molecule has 84 valence electrons. The van der Waals surface area contributed by atoms with Crippen molar-refractivity contribution in [3.05, 3.63) is 0 Å². The van der Waals surface area contributed by atoms with Gasteiger partial charge in [-0.15, -0.1) is 11.8 Å².